The average molecular weight is 362 g/mol. The Bertz CT molecular complexity index is 852. The van der Waals surface area contributed by atoms with E-state index in [1.54, 1.807) is 42.5 Å². The highest BCUT2D eigenvalue weighted by Gasteiger charge is 2.21. The first-order valence-corrected chi connectivity index (χ1v) is 10.1. The summed E-state index contributed by atoms with van der Waals surface area (Å²) in [6.45, 7) is 1.77. The van der Waals surface area contributed by atoms with E-state index in [4.69, 9.17) is 0 Å². The lowest BCUT2D eigenvalue weighted by Gasteiger charge is -2.34. The lowest BCUT2D eigenvalue weighted by molar-refractivity contribution is 0.0196. The molecule has 1 aliphatic rings. The Morgan fingerprint density at radius 1 is 1.12 bits per heavy atom. The fraction of sp³-hybridized carbons (Fsp3) is 0.412. The largest absolute Gasteiger partial charge is 0.343 e. The van der Waals surface area contributed by atoms with Crippen molar-refractivity contribution < 1.29 is 13.2 Å². The maximum absolute atomic E-state index is 12.6. The predicted octanol–water partition coefficient (Wildman–Crippen LogP) is 2.25. The molecule has 0 unspecified atom stereocenters. The third-order valence-corrected chi connectivity index (χ3v) is 5.54. The zero-order valence-electron chi connectivity index (χ0n) is 14.4. The molecule has 0 radical (unpaired) electrons. The summed E-state index contributed by atoms with van der Waals surface area (Å²) in [5.74, 6) is 0. The Hall–Kier alpha value is -2.19. The van der Waals surface area contributed by atoms with Crippen LogP contribution in [0.1, 0.15) is 19.3 Å². The van der Waals surface area contributed by atoms with Crippen LogP contribution in [0.4, 0.5) is 4.79 Å². The van der Waals surface area contributed by atoms with E-state index in [-0.39, 0.29) is 10.9 Å². The van der Waals surface area contributed by atoms with Crippen LogP contribution in [-0.4, -0.2) is 60.4 Å². The highest BCUT2D eigenvalue weighted by Crippen LogP contribution is 2.20. The second-order valence-corrected chi connectivity index (χ2v) is 8.30. The van der Waals surface area contributed by atoms with Crippen molar-refractivity contribution in [2.75, 3.05) is 26.4 Å². The summed E-state index contributed by atoms with van der Waals surface area (Å²) in [7, 11) is -1.45. The van der Waals surface area contributed by atoms with E-state index < -0.39 is 9.84 Å². The average Bonchev–Trinajstić information content (AvgIpc) is 3.10. The van der Waals surface area contributed by atoms with E-state index in [1.165, 1.54) is 23.6 Å². The summed E-state index contributed by atoms with van der Waals surface area (Å²) in [6.07, 6.45) is 7.73. The number of hydrazine groups is 1. The van der Waals surface area contributed by atoms with Crippen molar-refractivity contribution in [3.8, 4) is 11.3 Å². The molecule has 1 aliphatic heterocycles. The van der Waals surface area contributed by atoms with Gasteiger partial charge in [0.15, 0.2) is 9.84 Å². The zero-order chi connectivity index (χ0) is 18.0. The lowest BCUT2D eigenvalue weighted by Crippen LogP contribution is -2.47. The van der Waals surface area contributed by atoms with Crippen molar-refractivity contribution in [3.05, 3.63) is 36.8 Å². The van der Waals surface area contributed by atoms with Gasteiger partial charge >= 0.3 is 6.03 Å². The van der Waals surface area contributed by atoms with Gasteiger partial charge in [0.05, 0.1) is 10.6 Å². The van der Waals surface area contributed by atoms with Crippen LogP contribution in [0.2, 0.25) is 0 Å². The van der Waals surface area contributed by atoms with Crippen molar-refractivity contribution in [2.24, 2.45) is 0 Å². The van der Waals surface area contributed by atoms with Crippen LogP contribution in [0.3, 0.4) is 0 Å². The Kier molecular flexibility index (Phi) is 4.91. The van der Waals surface area contributed by atoms with Crippen LogP contribution < -0.4 is 0 Å². The summed E-state index contributed by atoms with van der Waals surface area (Å²) >= 11 is 0. The normalized spacial score (nSPS) is 15.9. The number of carbonyl (C=O) groups excluding carboxylic acids is 1. The van der Waals surface area contributed by atoms with Gasteiger partial charge in [0.1, 0.15) is 6.33 Å². The van der Waals surface area contributed by atoms with Crippen LogP contribution >= 0.6 is 0 Å². The molecule has 25 heavy (non-hydrogen) atoms. The molecule has 1 amide bonds. The van der Waals surface area contributed by atoms with Crippen molar-refractivity contribution in [2.45, 2.75) is 24.2 Å². The molecule has 0 spiro atoms. The van der Waals surface area contributed by atoms with Gasteiger partial charge in [-0.05, 0) is 25.0 Å². The van der Waals surface area contributed by atoms with Crippen LogP contribution in [0.15, 0.2) is 41.7 Å². The molecular weight excluding hydrogens is 340 g/mol. The van der Waals surface area contributed by atoms with Gasteiger partial charge in [0.2, 0.25) is 0 Å². The molecule has 0 saturated carbocycles. The fourth-order valence-corrected chi connectivity index (χ4v) is 3.55. The molecule has 1 aromatic heterocycles. The lowest BCUT2D eigenvalue weighted by atomic mass is 10.2. The van der Waals surface area contributed by atoms with Crippen LogP contribution in [0.25, 0.3) is 11.3 Å². The molecular formula is C17H22N4O3S. The van der Waals surface area contributed by atoms with E-state index in [2.05, 4.69) is 4.98 Å². The molecule has 8 heteroatoms. The molecule has 7 nitrogen and oxygen atoms in total. The molecule has 134 valence electrons. The molecule has 2 heterocycles. The number of sulfone groups is 1. The molecule has 1 saturated heterocycles. The first-order valence-electron chi connectivity index (χ1n) is 8.23. The standard InChI is InChI=1S/C17H22N4O3S/c1-19(21-10-4-3-5-11-21)17(22)20-12-16(18-13-20)14-6-8-15(9-7-14)25(2,23)24/h6-9,12-13H,3-5,10-11H2,1-2H3. The summed E-state index contributed by atoms with van der Waals surface area (Å²) < 4.78 is 24.5. The first kappa shape index (κ1) is 17.6. The Labute approximate surface area is 147 Å². The number of nitrogens with zero attached hydrogens (tertiary/aromatic N) is 4. The number of benzene rings is 1. The van der Waals surface area contributed by atoms with E-state index in [9.17, 15) is 13.2 Å². The van der Waals surface area contributed by atoms with Crippen molar-refractivity contribution >= 4 is 15.9 Å². The molecule has 0 aliphatic carbocycles. The van der Waals surface area contributed by atoms with Crippen molar-refractivity contribution in [1.82, 2.24) is 19.6 Å². The second kappa shape index (κ2) is 6.97. The first-order chi connectivity index (χ1) is 11.9. The van der Waals surface area contributed by atoms with E-state index in [1.807, 2.05) is 5.01 Å². The van der Waals surface area contributed by atoms with Gasteiger partial charge in [-0.2, -0.15) is 0 Å². The van der Waals surface area contributed by atoms with Crippen molar-refractivity contribution in [3.63, 3.8) is 0 Å². The number of hydrogen-bond donors (Lipinski definition) is 0. The number of hydrogen-bond acceptors (Lipinski definition) is 5. The minimum absolute atomic E-state index is 0.159. The highest BCUT2D eigenvalue weighted by molar-refractivity contribution is 7.90. The number of carbonyl (C=O) groups is 1. The molecule has 2 aromatic rings. The number of imidazole rings is 1. The number of piperidine rings is 1. The van der Waals surface area contributed by atoms with Crippen molar-refractivity contribution in [1.29, 1.82) is 0 Å². The van der Waals surface area contributed by atoms with Gasteiger partial charge in [-0.25, -0.2) is 23.2 Å². The smallest absolute Gasteiger partial charge is 0.259 e. The maximum atomic E-state index is 12.6. The number of rotatable bonds is 3. The van der Waals surface area contributed by atoms with Gasteiger partial charge in [-0.15, -0.1) is 0 Å². The quantitative estimate of drug-likeness (QED) is 0.837. The minimum Gasteiger partial charge on any atom is -0.259 e. The predicted molar refractivity (Wildman–Crippen MR) is 94.8 cm³/mol. The molecule has 0 atom stereocenters. The van der Waals surface area contributed by atoms with E-state index >= 15 is 0 Å². The summed E-state index contributed by atoms with van der Waals surface area (Å²) in [4.78, 5) is 17.1. The SMILES string of the molecule is CN(C(=O)n1cnc(-c2ccc(S(C)(=O)=O)cc2)c1)N1CCCCC1. The molecule has 0 bridgehead atoms. The highest BCUT2D eigenvalue weighted by atomic mass is 32.2. The molecule has 0 N–H and O–H groups in total. The fourth-order valence-electron chi connectivity index (χ4n) is 2.91. The summed E-state index contributed by atoms with van der Waals surface area (Å²) in [5, 5.41) is 3.68. The molecule has 1 fully saturated rings. The monoisotopic (exact) mass is 362 g/mol. The van der Waals surface area contributed by atoms with Gasteiger partial charge < -0.3 is 0 Å². The van der Waals surface area contributed by atoms with Gasteiger partial charge in [-0.1, -0.05) is 18.6 Å². The van der Waals surface area contributed by atoms with Crippen LogP contribution in [-0.2, 0) is 9.84 Å². The number of amides is 1. The molecule has 3 rings (SSSR count). The van der Waals surface area contributed by atoms with E-state index in [0.29, 0.717) is 5.69 Å². The third-order valence-electron chi connectivity index (χ3n) is 4.42. The minimum atomic E-state index is -3.23. The number of aromatic nitrogens is 2. The summed E-state index contributed by atoms with van der Waals surface area (Å²) in [5.41, 5.74) is 1.39. The topological polar surface area (TPSA) is 75.5 Å². The van der Waals surface area contributed by atoms with Gasteiger partial charge in [-0.3, -0.25) is 9.58 Å². The van der Waals surface area contributed by atoms with E-state index in [0.717, 1.165) is 31.5 Å². The Morgan fingerprint density at radius 2 is 1.76 bits per heavy atom. The van der Waals surface area contributed by atoms with Gasteiger partial charge in [0.25, 0.3) is 0 Å². The second-order valence-electron chi connectivity index (χ2n) is 6.28. The zero-order valence-corrected chi connectivity index (χ0v) is 15.2. The summed E-state index contributed by atoms with van der Waals surface area (Å²) in [6, 6.07) is 6.33. The maximum Gasteiger partial charge on any atom is 0.343 e. The molecule has 1 aromatic carbocycles. The van der Waals surface area contributed by atoms with Crippen LogP contribution in [0, 0.1) is 0 Å². The Morgan fingerprint density at radius 3 is 2.36 bits per heavy atom. The van der Waals surface area contributed by atoms with Crippen LogP contribution in [0.5, 0.6) is 0 Å². The third kappa shape index (κ3) is 3.91. The Balaban J connectivity index is 1.76. The van der Waals surface area contributed by atoms with Gasteiger partial charge in [0, 0.05) is 38.2 Å².